The van der Waals surface area contributed by atoms with Crippen LogP contribution in [-0.2, 0) is 6.42 Å². The Morgan fingerprint density at radius 1 is 1.33 bits per heavy atom. The van der Waals surface area contributed by atoms with Crippen molar-refractivity contribution in [2.45, 2.75) is 45.2 Å². The van der Waals surface area contributed by atoms with Gasteiger partial charge < -0.3 is 15.0 Å². The lowest BCUT2D eigenvalue weighted by molar-refractivity contribution is 0.260. The summed E-state index contributed by atoms with van der Waals surface area (Å²) in [7, 11) is 6.04. The van der Waals surface area contributed by atoms with Gasteiger partial charge in [0.2, 0.25) is 0 Å². The summed E-state index contributed by atoms with van der Waals surface area (Å²) < 4.78 is 5.41. The van der Waals surface area contributed by atoms with Crippen molar-refractivity contribution < 1.29 is 4.74 Å². The molecule has 0 aliphatic heterocycles. The number of hydrogen-bond donors (Lipinski definition) is 1. The lowest BCUT2D eigenvalue weighted by atomic mass is 9.86. The van der Waals surface area contributed by atoms with E-state index >= 15 is 0 Å². The van der Waals surface area contributed by atoms with E-state index in [1.807, 2.05) is 0 Å². The average molecular weight is 290 g/mol. The molecule has 0 saturated carbocycles. The molecule has 1 aliphatic rings. The average Bonchev–Trinajstić information content (AvgIpc) is 2.45. The highest BCUT2D eigenvalue weighted by Crippen LogP contribution is 2.33. The van der Waals surface area contributed by atoms with Crippen LogP contribution in [0.3, 0.4) is 0 Å². The van der Waals surface area contributed by atoms with Crippen molar-refractivity contribution in [1.82, 2.24) is 10.2 Å². The van der Waals surface area contributed by atoms with Gasteiger partial charge in [-0.05, 0) is 62.5 Å². The number of likely N-dealkylation sites (N-methyl/N-ethyl adjacent to an activating group) is 1. The molecule has 1 aromatic carbocycles. The van der Waals surface area contributed by atoms with E-state index in [2.05, 4.69) is 56.4 Å². The van der Waals surface area contributed by atoms with Gasteiger partial charge in [0.15, 0.2) is 0 Å². The predicted octanol–water partition coefficient (Wildman–Crippen LogP) is 3.25. The first-order chi connectivity index (χ1) is 10.0. The zero-order chi connectivity index (χ0) is 15.4. The van der Waals surface area contributed by atoms with E-state index in [0.717, 1.165) is 12.3 Å². The van der Waals surface area contributed by atoms with Crippen molar-refractivity contribution in [3.8, 4) is 5.75 Å². The van der Waals surface area contributed by atoms with Gasteiger partial charge in [0.25, 0.3) is 0 Å². The summed E-state index contributed by atoms with van der Waals surface area (Å²) >= 11 is 0. The maximum absolute atomic E-state index is 5.41. The van der Waals surface area contributed by atoms with Crippen LogP contribution >= 0.6 is 0 Å². The van der Waals surface area contributed by atoms with Crippen molar-refractivity contribution in [2.24, 2.45) is 5.92 Å². The fourth-order valence-corrected chi connectivity index (χ4v) is 3.19. The second-order valence-electron chi connectivity index (χ2n) is 6.79. The Labute approximate surface area is 129 Å². The highest BCUT2D eigenvalue weighted by atomic mass is 16.5. The van der Waals surface area contributed by atoms with E-state index in [9.17, 15) is 0 Å². The van der Waals surface area contributed by atoms with E-state index in [0.29, 0.717) is 18.0 Å². The van der Waals surface area contributed by atoms with E-state index in [1.54, 1.807) is 7.11 Å². The molecule has 1 aromatic rings. The second-order valence-corrected chi connectivity index (χ2v) is 6.79. The molecule has 0 amide bonds. The molecule has 2 atom stereocenters. The molecule has 3 heteroatoms. The Morgan fingerprint density at radius 2 is 2.10 bits per heavy atom. The van der Waals surface area contributed by atoms with Gasteiger partial charge >= 0.3 is 0 Å². The molecule has 0 radical (unpaired) electrons. The number of nitrogens with zero attached hydrogens (tertiary/aromatic N) is 1. The zero-order valence-corrected chi connectivity index (χ0v) is 14.1. The number of rotatable bonds is 6. The molecule has 0 fully saturated rings. The quantitative estimate of drug-likeness (QED) is 0.870. The van der Waals surface area contributed by atoms with Gasteiger partial charge in [-0.25, -0.2) is 0 Å². The normalized spacial score (nSPS) is 19.7. The van der Waals surface area contributed by atoms with Crippen LogP contribution in [0, 0.1) is 5.92 Å². The first-order valence-corrected chi connectivity index (χ1v) is 8.09. The maximum atomic E-state index is 5.41. The first kappa shape index (κ1) is 16.3. The van der Waals surface area contributed by atoms with Crippen LogP contribution in [0.1, 0.15) is 43.9 Å². The van der Waals surface area contributed by atoms with Crippen molar-refractivity contribution in [2.75, 3.05) is 27.7 Å². The minimum Gasteiger partial charge on any atom is -0.497 e. The van der Waals surface area contributed by atoms with Crippen LogP contribution in [-0.4, -0.2) is 38.7 Å². The molecule has 0 bridgehead atoms. The van der Waals surface area contributed by atoms with Gasteiger partial charge in [-0.3, -0.25) is 0 Å². The van der Waals surface area contributed by atoms with E-state index < -0.39 is 0 Å². The third kappa shape index (κ3) is 4.21. The molecule has 1 N–H and O–H groups in total. The third-order valence-electron chi connectivity index (χ3n) is 4.45. The highest BCUT2D eigenvalue weighted by molar-refractivity contribution is 5.39. The lowest BCUT2D eigenvalue weighted by Crippen LogP contribution is -2.44. The Morgan fingerprint density at radius 3 is 2.71 bits per heavy atom. The van der Waals surface area contributed by atoms with E-state index in [1.165, 1.54) is 30.4 Å². The summed E-state index contributed by atoms with van der Waals surface area (Å²) in [6, 6.07) is 7.51. The van der Waals surface area contributed by atoms with Crippen molar-refractivity contribution in [1.29, 1.82) is 0 Å². The maximum Gasteiger partial charge on any atom is 0.119 e. The summed E-state index contributed by atoms with van der Waals surface area (Å²) in [6.07, 6.45) is 3.68. The number of nitrogens with one attached hydrogen (secondary N) is 1. The van der Waals surface area contributed by atoms with E-state index in [-0.39, 0.29) is 0 Å². The van der Waals surface area contributed by atoms with Crippen LogP contribution in [0.4, 0.5) is 0 Å². The highest BCUT2D eigenvalue weighted by Gasteiger charge is 2.25. The van der Waals surface area contributed by atoms with Gasteiger partial charge in [-0.2, -0.15) is 0 Å². The first-order valence-electron chi connectivity index (χ1n) is 8.09. The lowest BCUT2D eigenvalue weighted by Gasteiger charge is -2.34. The van der Waals surface area contributed by atoms with Crippen LogP contribution in [0.5, 0.6) is 5.75 Å². The number of hydrogen-bond acceptors (Lipinski definition) is 3. The third-order valence-corrected chi connectivity index (χ3v) is 4.45. The van der Waals surface area contributed by atoms with Gasteiger partial charge in [0.1, 0.15) is 5.75 Å². The van der Waals surface area contributed by atoms with Gasteiger partial charge in [0, 0.05) is 18.6 Å². The molecule has 118 valence electrons. The summed E-state index contributed by atoms with van der Waals surface area (Å²) in [5.74, 6) is 1.60. The minimum atomic E-state index is 0.455. The van der Waals surface area contributed by atoms with Crippen LogP contribution in [0.15, 0.2) is 18.2 Å². The number of ether oxygens (including phenoxy) is 1. The second kappa shape index (κ2) is 7.28. The predicted molar refractivity (Wildman–Crippen MR) is 89.0 cm³/mol. The molecular weight excluding hydrogens is 260 g/mol. The Hall–Kier alpha value is -1.06. The van der Waals surface area contributed by atoms with Gasteiger partial charge in [0.05, 0.1) is 7.11 Å². The monoisotopic (exact) mass is 290 g/mol. The SMILES string of the molecule is COc1ccc2c(c1)C(NC(CN(C)C)C(C)C)CCC2. The largest absolute Gasteiger partial charge is 0.497 e. The fourth-order valence-electron chi connectivity index (χ4n) is 3.19. The molecule has 0 saturated heterocycles. The molecule has 1 aliphatic carbocycles. The van der Waals surface area contributed by atoms with Crippen molar-refractivity contribution >= 4 is 0 Å². The van der Waals surface area contributed by atoms with E-state index in [4.69, 9.17) is 4.74 Å². The summed E-state index contributed by atoms with van der Waals surface area (Å²) in [5.41, 5.74) is 2.91. The minimum absolute atomic E-state index is 0.455. The molecular formula is C18H30N2O. The summed E-state index contributed by atoms with van der Waals surface area (Å²) in [6.45, 7) is 5.68. The Balaban J connectivity index is 2.17. The van der Waals surface area contributed by atoms with Crippen LogP contribution in [0.25, 0.3) is 0 Å². The molecule has 2 rings (SSSR count). The van der Waals surface area contributed by atoms with Crippen molar-refractivity contribution in [3.63, 3.8) is 0 Å². The fraction of sp³-hybridized carbons (Fsp3) is 0.667. The topological polar surface area (TPSA) is 24.5 Å². The Kier molecular flexibility index (Phi) is 5.65. The molecule has 0 spiro atoms. The molecule has 21 heavy (non-hydrogen) atoms. The number of aryl methyl sites for hydroxylation is 1. The number of benzene rings is 1. The van der Waals surface area contributed by atoms with Crippen LogP contribution < -0.4 is 10.1 Å². The van der Waals surface area contributed by atoms with Gasteiger partial charge in [-0.1, -0.05) is 19.9 Å². The molecule has 0 aromatic heterocycles. The summed E-state index contributed by atoms with van der Waals surface area (Å²) in [4.78, 5) is 2.27. The molecule has 3 nitrogen and oxygen atoms in total. The number of methoxy groups -OCH3 is 1. The van der Waals surface area contributed by atoms with Crippen molar-refractivity contribution in [3.05, 3.63) is 29.3 Å². The summed E-state index contributed by atoms with van der Waals surface area (Å²) in [5, 5.41) is 3.90. The number of fused-ring (bicyclic) bond motifs is 1. The smallest absolute Gasteiger partial charge is 0.119 e. The standard InChI is InChI=1S/C18H30N2O/c1-13(2)18(12-20(3)4)19-17-8-6-7-14-9-10-15(21-5)11-16(14)17/h9-11,13,17-19H,6-8,12H2,1-5H3. The Bertz CT molecular complexity index is 457. The van der Waals surface area contributed by atoms with Gasteiger partial charge in [-0.15, -0.1) is 0 Å². The van der Waals surface area contributed by atoms with Crippen LogP contribution in [0.2, 0.25) is 0 Å². The zero-order valence-electron chi connectivity index (χ0n) is 14.1. The molecule has 2 unspecified atom stereocenters. The molecule has 0 heterocycles.